The first kappa shape index (κ1) is 15.9. The zero-order valence-corrected chi connectivity index (χ0v) is 12.5. The molecule has 106 valence electrons. The average molecular weight is 271 g/mol. The fourth-order valence-electron chi connectivity index (χ4n) is 1.90. The van der Waals surface area contributed by atoms with Gasteiger partial charge in [-0.1, -0.05) is 35.9 Å². The summed E-state index contributed by atoms with van der Waals surface area (Å²) in [5.41, 5.74) is 2.18. The molecule has 0 aliphatic heterocycles. The van der Waals surface area contributed by atoms with E-state index in [0.29, 0.717) is 11.8 Å². The molecule has 0 saturated heterocycles. The number of allylic oxidation sites excluding steroid dienone is 3. The van der Waals surface area contributed by atoms with Gasteiger partial charge in [-0.25, -0.2) is 0 Å². The molecule has 0 aliphatic carbocycles. The maximum Gasteiger partial charge on any atom is 0.227 e. The molecule has 0 heterocycles. The lowest BCUT2D eigenvalue weighted by molar-refractivity contribution is -0.104. The van der Waals surface area contributed by atoms with Crippen LogP contribution in [0.1, 0.15) is 29.8 Å². The van der Waals surface area contributed by atoms with Gasteiger partial charge >= 0.3 is 0 Å². The SMILES string of the molecule is C/C=C\C=C/C(C)N(C)c1ccc(C)cc1C(=O)C=O. The highest BCUT2D eigenvalue weighted by molar-refractivity contribution is 6.34. The number of aldehydes is 1. The second-order valence-electron chi connectivity index (χ2n) is 4.76. The smallest absolute Gasteiger partial charge is 0.227 e. The number of hydrogen-bond acceptors (Lipinski definition) is 3. The van der Waals surface area contributed by atoms with E-state index in [2.05, 4.69) is 0 Å². The molecule has 1 rings (SSSR count). The monoisotopic (exact) mass is 271 g/mol. The van der Waals surface area contributed by atoms with E-state index in [4.69, 9.17) is 0 Å². The standard InChI is InChI=1S/C17H21NO2/c1-5-6-7-8-14(3)18(4)16-10-9-13(2)11-15(16)17(20)12-19/h5-12,14H,1-4H3/b6-5-,8-7-. The van der Waals surface area contributed by atoms with Crippen LogP contribution in [-0.4, -0.2) is 25.2 Å². The number of Topliss-reactive ketones (excluding diaryl/α,β-unsaturated/α-hetero) is 1. The Morgan fingerprint density at radius 2 is 2.00 bits per heavy atom. The highest BCUT2D eigenvalue weighted by Gasteiger charge is 2.16. The van der Waals surface area contributed by atoms with Gasteiger partial charge < -0.3 is 4.90 Å². The minimum atomic E-state index is -0.486. The van der Waals surface area contributed by atoms with Gasteiger partial charge in [-0.15, -0.1) is 0 Å². The normalized spacial score (nSPS) is 12.8. The molecule has 1 aromatic carbocycles. The molecule has 0 radical (unpaired) electrons. The summed E-state index contributed by atoms with van der Waals surface area (Å²) in [5, 5.41) is 0. The third-order valence-corrected chi connectivity index (χ3v) is 3.21. The highest BCUT2D eigenvalue weighted by Crippen LogP contribution is 2.23. The van der Waals surface area contributed by atoms with E-state index in [1.165, 1.54) is 0 Å². The molecule has 3 nitrogen and oxygen atoms in total. The molecule has 0 saturated carbocycles. The van der Waals surface area contributed by atoms with Crippen molar-refractivity contribution in [1.29, 1.82) is 0 Å². The second-order valence-corrected chi connectivity index (χ2v) is 4.76. The molecule has 20 heavy (non-hydrogen) atoms. The van der Waals surface area contributed by atoms with Gasteiger partial charge in [-0.3, -0.25) is 9.59 Å². The van der Waals surface area contributed by atoms with Gasteiger partial charge in [0.25, 0.3) is 0 Å². The summed E-state index contributed by atoms with van der Waals surface area (Å²) in [6.07, 6.45) is 8.28. The minimum Gasteiger partial charge on any atom is -0.368 e. The number of carbonyl (C=O) groups excluding carboxylic acids is 2. The van der Waals surface area contributed by atoms with E-state index in [-0.39, 0.29) is 6.04 Å². The molecule has 0 bridgehead atoms. The van der Waals surface area contributed by atoms with Crippen molar-refractivity contribution in [2.45, 2.75) is 26.8 Å². The summed E-state index contributed by atoms with van der Waals surface area (Å²) < 4.78 is 0. The molecule has 3 heteroatoms. The molecule has 0 aliphatic rings. The average Bonchev–Trinajstić information content (AvgIpc) is 2.45. The molecular formula is C17H21NO2. The quantitative estimate of drug-likeness (QED) is 0.345. The van der Waals surface area contributed by atoms with E-state index >= 15 is 0 Å². The molecular weight excluding hydrogens is 250 g/mol. The summed E-state index contributed by atoms with van der Waals surface area (Å²) in [6.45, 7) is 5.90. The van der Waals surface area contributed by atoms with Crippen molar-refractivity contribution in [3.05, 3.63) is 53.6 Å². The van der Waals surface area contributed by atoms with Crippen molar-refractivity contribution in [3.8, 4) is 0 Å². The van der Waals surface area contributed by atoms with Crippen LogP contribution >= 0.6 is 0 Å². The lowest BCUT2D eigenvalue weighted by Gasteiger charge is -2.26. The van der Waals surface area contributed by atoms with E-state index in [1.54, 1.807) is 6.07 Å². The Kier molecular flexibility index (Phi) is 5.91. The Labute approximate surface area is 120 Å². The molecule has 1 atom stereocenters. The number of rotatable bonds is 6. The fraction of sp³-hybridized carbons (Fsp3) is 0.294. The van der Waals surface area contributed by atoms with Gasteiger partial charge in [-0.05, 0) is 32.9 Å². The number of benzene rings is 1. The molecule has 0 amide bonds. The Bertz CT molecular complexity index is 544. The number of ketones is 1. The van der Waals surface area contributed by atoms with Gasteiger partial charge in [0.2, 0.25) is 5.78 Å². The Morgan fingerprint density at radius 3 is 2.60 bits per heavy atom. The van der Waals surface area contributed by atoms with Gasteiger partial charge in [0.15, 0.2) is 6.29 Å². The van der Waals surface area contributed by atoms with Crippen LogP contribution in [0.2, 0.25) is 0 Å². The third kappa shape index (κ3) is 3.92. The Hall–Kier alpha value is -2.16. The highest BCUT2D eigenvalue weighted by atomic mass is 16.2. The van der Waals surface area contributed by atoms with Crippen LogP contribution in [0.4, 0.5) is 5.69 Å². The summed E-state index contributed by atoms with van der Waals surface area (Å²) in [7, 11) is 1.91. The Morgan fingerprint density at radius 1 is 1.30 bits per heavy atom. The van der Waals surface area contributed by atoms with Crippen molar-refractivity contribution in [3.63, 3.8) is 0 Å². The van der Waals surface area contributed by atoms with Gasteiger partial charge in [0, 0.05) is 24.3 Å². The second kappa shape index (κ2) is 7.43. The van der Waals surface area contributed by atoms with Crippen LogP contribution < -0.4 is 4.90 Å². The number of hydrogen-bond donors (Lipinski definition) is 0. The third-order valence-electron chi connectivity index (χ3n) is 3.21. The Balaban J connectivity index is 3.11. The predicted octanol–water partition coefficient (Wildman–Crippen LogP) is 3.33. The summed E-state index contributed by atoms with van der Waals surface area (Å²) in [6, 6.07) is 5.69. The lowest BCUT2D eigenvalue weighted by atomic mass is 10.0. The summed E-state index contributed by atoms with van der Waals surface area (Å²) in [5.74, 6) is -0.486. The van der Waals surface area contributed by atoms with Crippen molar-refractivity contribution in [1.82, 2.24) is 0 Å². The number of carbonyl (C=O) groups is 2. The summed E-state index contributed by atoms with van der Waals surface area (Å²) in [4.78, 5) is 24.5. The molecule has 0 fully saturated rings. The van der Waals surface area contributed by atoms with Crippen molar-refractivity contribution in [2.75, 3.05) is 11.9 Å². The van der Waals surface area contributed by atoms with E-state index in [9.17, 15) is 9.59 Å². The van der Waals surface area contributed by atoms with Crippen LogP contribution in [0.15, 0.2) is 42.5 Å². The van der Waals surface area contributed by atoms with Gasteiger partial charge in [0.1, 0.15) is 0 Å². The zero-order valence-electron chi connectivity index (χ0n) is 12.5. The lowest BCUT2D eigenvalue weighted by Crippen LogP contribution is -2.28. The predicted molar refractivity (Wildman–Crippen MR) is 83.4 cm³/mol. The molecule has 0 N–H and O–H groups in total. The molecule has 0 spiro atoms. The first-order valence-corrected chi connectivity index (χ1v) is 6.63. The zero-order chi connectivity index (χ0) is 15.1. The number of nitrogens with zero attached hydrogens (tertiary/aromatic N) is 1. The maximum atomic E-state index is 11.7. The van der Waals surface area contributed by atoms with E-state index < -0.39 is 5.78 Å². The van der Waals surface area contributed by atoms with Crippen molar-refractivity contribution < 1.29 is 9.59 Å². The molecule has 0 aromatic heterocycles. The van der Waals surface area contributed by atoms with Crippen LogP contribution in [0.5, 0.6) is 0 Å². The summed E-state index contributed by atoms with van der Waals surface area (Å²) >= 11 is 0. The maximum absolute atomic E-state index is 11.7. The molecule has 1 aromatic rings. The van der Waals surface area contributed by atoms with E-state index in [0.717, 1.165) is 11.3 Å². The number of likely N-dealkylation sites (N-methyl/N-ethyl adjacent to an activating group) is 1. The van der Waals surface area contributed by atoms with Crippen LogP contribution in [0, 0.1) is 6.92 Å². The van der Waals surface area contributed by atoms with Crippen molar-refractivity contribution >= 4 is 17.8 Å². The van der Waals surface area contributed by atoms with Gasteiger partial charge in [0.05, 0.1) is 0 Å². The van der Waals surface area contributed by atoms with Crippen LogP contribution in [0.25, 0.3) is 0 Å². The first-order chi connectivity index (χ1) is 9.51. The minimum absolute atomic E-state index is 0.118. The topological polar surface area (TPSA) is 37.4 Å². The molecule has 1 unspecified atom stereocenters. The van der Waals surface area contributed by atoms with Gasteiger partial charge in [-0.2, -0.15) is 0 Å². The van der Waals surface area contributed by atoms with Crippen LogP contribution in [0.3, 0.4) is 0 Å². The van der Waals surface area contributed by atoms with E-state index in [1.807, 2.05) is 69.2 Å². The largest absolute Gasteiger partial charge is 0.368 e. The van der Waals surface area contributed by atoms with Crippen LogP contribution in [-0.2, 0) is 4.79 Å². The first-order valence-electron chi connectivity index (χ1n) is 6.63. The number of aryl methyl sites for hydroxylation is 1. The number of anilines is 1. The fourth-order valence-corrected chi connectivity index (χ4v) is 1.90. The van der Waals surface area contributed by atoms with Crippen molar-refractivity contribution in [2.24, 2.45) is 0 Å².